The molecule has 0 amide bonds. The zero-order valence-corrected chi connectivity index (χ0v) is 22.5. The van der Waals surface area contributed by atoms with Crippen molar-refractivity contribution in [1.29, 1.82) is 0 Å². The molecule has 1 atom stereocenters. The van der Waals surface area contributed by atoms with E-state index in [4.69, 9.17) is 14.7 Å². The third-order valence-electron chi connectivity index (χ3n) is 7.64. The van der Waals surface area contributed by atoms with E-state index in [1.165, 1.54) is 9.13 Å². The van der Waals surface area contributed by atoms with E-state index < -0.39 is 11.2 Å². The zero-order chi connectivity index (χ0) is 27.0. The fourth-order valence-electron chi connectivity index (χ4n) is 5.17. The molecule has 1 fully saturated rings. The zero-order valence-electron chi connectivity index (χ0n) is 22.5. The highest BCUT2D eigenvalue weighted by Crippen LogP contribution is 2.42. The van der Waals surface area contributed by atoms with Crippen LogP contribution in [0.4, 0.5) is 0 Å². The molecule has 1 aliphatic rings. The highest BCUT2D eigenvalue weighted by molar-refractivity contribution is 5.78. The predicted octanol–water partition coefficient (Wildman–Crippen LogP) is 3.75. The number of fused-ring (bicyclic) bond motifs is 1. The van der Waals surface area contributed by atoms with Gasteiger partial charge in [-0.1, -0.05) is 44.2 Å². The summed E-state index contributed by atoms with van der Waals surface area (Å²) < 4.78 is 10.8. The molecule has 4 aromatic rings. The van der Waals surface area contributed by atoms with Crippen molar-refractivity contribution in [2.45, 2.75) is 72.7 Å². The number of aryl methyl sites for hydroxylation is 2. The Morgan fingerprint density at radius 1 is 1.05 bits per heavy atom. The van der Waals surface area contributed by atoms with Crippen molar-refractivity contribution in [1.82, 2.24) is 23.7 Å². The van der Waals surface area contributed by atoms with Crippen LogP contribution in [0.25, 0.3) is 22.6 Å². The van der Waals surface area contributed by atoms with Crippen molar-refractivity contribution in [3.63, 3.8) is 0 Å². The second-order valence-corrected chi connectivity index (χ2v) is 10.7. The van der Waals surface area contributed by atoms with Crippen molar-refractivity contribution in [3.05, 3.63) is 74.6 Å². The molecule has 0 radical (unpaired) electrons. The molecule has 1 saturated carbocycles. The van der Waals surface area contributed by atoms with Crippen molar-refractivity contribution >= 4 is 11.2 Å². The molecule has 200 valence electrons. The molecule has 3 aromatic heterocycles. The summed E-state index contributed by atoms with van der Waals surface area (Å²) in [6.45, 7) is 8.96. The monoisotopic (exact) mass is 517 g/mol. The fraction of sp³-hybridized carbons (Fsp3) is 0.448. The number of pyridine rings is 1. The second kappa shape index (κ2) is 10.2. The minimum atomic E-state index is -0.420. The molecule has 0 aliphatic heterocycles. The van der Waals surface area contributed by atoms with Crippen LogP contribution < -0.4 is 16.0 Å². The Kier molecular flexibility index (Phi) is 6.96. The van der Waals surface area contributed by atoms with Gasteiger partial charge in [-0.2, -0.15) is 0 Å². The quantitative estimate of drug-likeness (QED) is 0.363. The maximum Gasteiger partial charge on any atom is 0.332 e. The molecular weight excluding hydrogens is 482 g/mol. The molecular formula is C29H35N5O4. The van der Waals surface area contributed by atoms with Crippen LogP contribution in [-0.4, -0.2) is 41.5 Å². The molecule has 1 aromatic carbocycles. The van der Waals surface area contributed by atoms with E-state index in [0.29, 0.717) is 42.4 Å². The van der Waals surface area contributed by atoms with Crippen LogP contribution in [0.5, 0.6) is 5.88 Å². The minimum absolute atomic E-state index is 0.109. The van der Waals surface area contributed by atoms with E-state index in [2.05, 4.69) is 13.8 Å². The molecule has 3 heterocycles. The maximum atomic E-state index is 13.7. The van der Waals surface area contributed by atoms with E-state index in [1.54, 1.807) is 0 Å². The minimum Gasteiger partial charge on any atom is -0.474 e. The first-order valence-electron chi connectivity index (χ1n) is 13.3. The Hall–Kier alpha value is -3.72. The van der Waals surface area contributed by atoms with Crippen molar-refractivity contribution in [2.24, 2.45) is 5.41 Å². The standard InChI is InChI=1S/C29H35N5O4/c1-5-32-26-24(27(36)33(28(32)37)16-9-17-35)34(18-20-10-7-6-8-11-20)25(31-26)21-12-13-23(30-19(21)2)38-22-14-15-29(22,3)4/h6-8,10-13,22,35H,5,9,14-18H2,1-4H3. The number of benzene rings is 1. The number of aliphatic hydroxyl groups excluding tert-OH is 1. The molecule has 1 N–H and O–H groups in total. The normalized spacial score (nSPS) is 16.5. The van der Waals surface area contributed by atoms with Crippen LogP contribution in [-0.2, 0) is 19.6 Å². The highest BCUT2D eigenvalue weighted by Gasteiger charge is 2.40. The van der Waals surface area contributed by atoms with Gasteiger partial charge in [0.2, 0.25) is 5.88 Å². The van der Waals surface area contributed by atoms with Gasteiger partial charge in [0.25, 0.3) is 5.56 Å². The van der Waals surface area contributed by atoms with Crippen LogP contribution in [0, 0.1) is 12.3 Å². The largest absolute Gasteiger partial charge is 0.474 e. The highest BCUT2D eigenvalue weighted by atomic mass is 16.5. The molecule has 5 rings (SSSR count). The first-order valence-corrected chi connectivity index (χ1v) is 13.3. The van der Waals surface area contributed by atoms with Gasteiger partial charge < -0.3 is 14.4 Å². The molecule has 9 heteroatoms. The Balaban J connectivity index is 1.69. The average Bonchev–Trinajstić information content (AvgIpc) is 3.26. The molecule has 38 heavy (non-hydrogen) atoms. The predicted molar refractivity (Wildman–Crippen MR) is 147 cm³/mol. The number of imidazole rings is 1. The lowest BCUT2D eigenvalue weighted by molar-refractivity contribution is -0.0213. The van der Waals surface area contributed by atoms with Crippen molar-refractivity contribution in [2.75, 3.05) is 6.61 Å². The molecule has 0 spiro atoms. The summed E-state index contributed by atoms with van der Waals surface area (Å²) >= 11 is 0. The third kappa shape index (κ3) is 4.55. The van der Waals surface area contributed by atoms with Gasteiger partial charge in [0.15, 0.2) is 11.2 Å². The van der Waals surface area contributed by atoms with Crippen LogP contribution in [0.15, 0.2) is 52.1 Å². The van der Waals surface area contributed by atoms with Crippen LogP contribution in [0.3, 0.4) is 0 Å². The summed E-state index contributed by atoms with van der Waals surface area (Å²) in [5.41, 5.74) is 2.53. The summed E-state index contributed by atoms with van der Waals surface area (Å²) in [6.07, 6.45) is 2.60. The van der Waals surface area contributed by atoms with Crippen LogP contribution in [0.1, 0.15) is 51.3 Å². The maximum absolute atomic E-state index is 13.7. The van der Waals surface area contributed by atoms with Crippen LogP contribution >= 0.6 is 0 Å². The lowest BCUT2D eigenvalue weighted by Crippen LogP contribution is -2.44. The molecule has 0 bridgehead atoms. The number of aliphatic hydroxyl groups is 1. The number of hydrogen-bond acceptors (Lipinski definition) is 6. The molecule has 9 nitrogen and oxygen atoms in total. The van der Waals surface area contributed by atoms with Gasteiger partial charge in [-0.05, 0) is 44.7 Å². The van der Waals surface area contributed by atoms with Crippen molar-refractivity contribution in [3.8, 4) is 17.3 Å². The van der Waals surface area contributed by atoms with Crippen LogP contribution in [0.2, 0.25) is 0 Å². The average molecular weight is 518 g/mol. The van der Waals surface area contributed by atoms with E-state index >= 15 is 0 Å². The lowest BCUT2D eigenvalue weighted by Gasteiger charge is -2.43. The Labute approximate surface area is 221 Å². The summed E-state index contributed by atoms with van der Waals surface area (Å²) in [4.78, 5) is 36.6. The Bertz CT molecular complexity index is 1580. The van der Waals surface area contributed by atoms with Gasteiger partial charge in [-0.15, -0.1) is 0 Å². The van der Waals surface area contributed by atoms with E-state index in [1.807, 2.05) is 60.9 Å². The topological polar surface area (TPSA) is 104 Å². The number of hydrogen-bond donors (Lipinski definition) is 1. The van der Waals surface area contributed by atoms with E-state index in [9.17, 15) is 14.7 Å². The summed E-state index contributed by atoms with van der Waals surface area (Å²) in [6, 6.07) is 13.6. The Morgan fingerprint density at radius 3 is 2.42 bits per heavy atom. The number of ether oxygens (including phenoxy) is 1. The smallest absolute Gasteiger partial charge is 0.332 e. The Morgan fingerprint density at radius 2 is 1.82 bits per heavy atom. The SMILES string of the molecule is CCn1c(=O)n(CCCO)c(=O)c2c1nc(-c1ccc(OC3CCC3(C)C)nc1C)n2Cc1ccccc1. The van der Waals surface area contributed by atoms with E-state index in [0.717, 1.165) is 29.7 Å². The second-order valence-electron chi connectivity index (χ2n) is 10.7. The first kappa shape index (κ1) is 25.9. The number of rotatable bonds is 9. The lowest BCUT2D eigenvalue weighted by atomic mass is 9.69. The molecule has 0 saturated heterocycles. The molecule has 1 unspecified atom stereocenters. The number of aromatic nitrogens is 5. The number of nitrogens with zero attached hydrogens (tertiary/aromatic N) is 5. The van der Waals surface area contributed by atoms with Crippen molar-refractivity contribution < 1.29 is 9.84 Å². The summed E-state index contributed by atoms with van der Waals surface area (Å²) in [5, 5.41) is 9.35. The molecule has 1 aliphatic carbocycles. The third-order valence-corrected chi connectivity index (χ3v) is 7.64. The van der Waals surface area contributed by atoms with Gasteiger partial charge in [0, 0.05) is 43.3 Å². The van der Waals surface area contributed by atoms with Gasteiger partial charge >= 0.3 is 5.69 Å². The summed E-state index contributed by atoms with van der Waals surface area (Å²) in [7, 11) is 0. The van der Waals surface area contributed by atoms with Gasteiger partial charge in [0.1, 0.15) is 11.9 Å². The van der Waals surface area contributed by atoms with Gasteiger partial charge in [0.05, 0.1) is 5.69 Å². The first-order chi connectivity index (χ1) is 18.2. The fourth-order valence-corrected chi connectivity index (χ4v) is 5.17. The van der Waals surface area contributed by atoms with Gasteiger partial charge in [-0.25, -0.2) is 14.8 Å². The van der Waals surface area contributed by atoms with E-state index in [-0.39, 0.29) is 24.7 Å². The summed E-state index contributed by atoms with van der Waals surface area (Å²) in [5.74, 6) is 1.15. The van der Waals surface area contributed by atoms with Gasteiger partial charge in [-0.3, -0.25) is 13.9 Å².